The minimum atomic E-state index is -1.87. The summed E-state index contributed by atoms with van der Waals surface area (Å²) in [6.45, 7) is 1.78. The minimum absolute atomic E-state index is 0.0750. The number of cyclic esters (lactones) is 1. The SMILES string of the molecule is CC[C@@]1(O)C(=O)OCc2c1cc1n(c2=O)Cc2cc3cccc(C(N)=O)c3nc2-1. The molecule has 1 aromatic carbocycles. The number of esters is 1. The standard InChI is InChI=1S/C21H17N3O5/c1-2-21(28)14-7-15-17-11(8-24(15)19(26)13(14)9-29-20(21)27)6-10-4-3-5-12(18(22)25)16(10)23-17/h3-7,28H,2,8-9H2,1H3,(H2,22,25)/t21-/m0/s1. The molecule has 1 atom stereocenters. The highest BCUT2D eigenvalue weighted by Crippen LogP contribution is 2.38. The Labute approximate surface area is 164 Å². The molecule has 4 heterocycles. The van der Waals surface area contributed by atoms with E-state index in [-0.39, 0.29) is 35.3 Å². The molecule has 3 N–H and O–H groups in total. The number of carbonyl (C=O) groups is 2. The quantitative estimate of drug-likeness (QED) is 0.495. The summed E-state index contributed by atoms with van der Waals surface area (Å²) in [5.74, 6) is -1.36. The number of aliphatic hydroxyl groups is 1. The molecule has 0 aliphatic carbocycles. The molecule has 146 valence electrons. The van der Waals surface area contributed by atoms with Gasteiger partial charge in [-0.25, -0.2) is 9.78 Å². The van der Waals surface area contributed by atoms with E-state index in [1.54, 1.807) is 29.7 Å². The van der Waals surface area contributed by atoms with Crippen molar-refractivity contribution in [1.29, 1.82) is 0 Å². The van der Waals surface area contributed by atoms with Gasteiger partial charge in [-0.15, -0.1) is 0 Å². The van der Waals surface area contributed by atoms with E-state index in [1.165, 1.54) is 0 Å². The number of pyridine rings is 2. The molecule has 1 amide bonds. The van der Waals surface area contributed by atoms with Gasteiger partial charge in [0.25, 0.3) is 11.5 Å². The molecule has 8 nitrogen and oxygen atoms in total. The van der Waals surface area contributed by atoms with Gasteiger partial charge < -0.3 is 20.1 Å². The first kappa shape index (κ1) is 17.6. The summed E-state index contributed by atoms with van der Waals surface area (Å²) in [7, 11) is 0. The molecule has 3 aromatic rings. The Hall–Kier alpha value is -3.52. The van der Waals surface area contributed by atoms with Gasteiger partial charge in [-0.3, -0.25) is 9.59 Å². The molecule has 0 saturated heterocycles. The zero-order valence-corrected chi connectivity index (χ0v) is 15.6. The lowest BCUT2D eigenvalue weighted by Gasteiger charge is -2.31. The van der Waals surface area contributed by atoms with Gasteiger partial charge in [0.2, 0.25) is 0 Å². The monoisotopic (exact) mass is 391 g/mol. The number of ether oxygens (including phenoxy) is 1. The molecule has 2 aromatic heterocycles. The van der Waals surface area contributed by atoms with Crippen molar-refractivity contribution >= 4 is 22.8 Å². The van der Waals surface area contributed by atoms with Crippen LogP contribution in [0.5, 0.6) is 0 Å². The second-order valence-electron chi connectivity index (χ2n) is 7.34. The molecule has 2 aliphatic heterocycles. The Morgan fingerprint density at radius 1 is 1.34 bits per heavy atom. The second kappa shape index (κ2) is 5.74. The van der Waals surface area contributed by atoms with Crippen molar-refractivity contribution in [3.05, 3.63) is 62.9 Å². The van der Waals surface area contributed by atoms with Crippen molar-refractivity contribution in [2.45, 2.75) is 32.1 Å². The highest BCUT2D eigenvalue weighted by atomic mass is 16.6. The predicted molar refractivity (Wildman–Crippen MR) is 103 cm³/mol. The number of primary amides is 1. The molecule has 0 bridgehead atoms. The third-order valence-electron chi connectivity index (χ3n) is 5.80. The molecule has 0 fully saturated rings. The number of nitrogens with zero attached hydrogens (tertiary/aromatic N) is 2. The van der Waals surface area contributed by atoms with Gasteiger partial charge in [-0.2, -0.15) is 0 Å². The van der Waals surface area contributed by atoms with E-state index in [9.17, 15) is 19.5 Å². The number of aromatic nitrogens is 2. The van der Waals surface area contributed by atoms with Crippen LogP contribution in [0.15, 0.2) is 35.1 Å². The average Bonchev–Trinajstić information content (AvgIpc) is 3.07. The Morgan fingerprint density at radius 3 is 2.86 bits per heavy atom. The number of para-hydroxylation sites is 1. The van der Waals surface area contributed by atoms with Crippen LogP contribution >= 0.6 is 0 Å². The molecule has 5 rings (SSSR count). The smallest absolute Gasteiger partial charge is 0.343 e. The van der Waals surface area contributed by atoms with E-state index in [0.717, 1.165) is 10.9 Å². The maximum Gasteiger partial charge on any atom is 0.343 e. The topological polar surface area (TPSA) is 125 Å². The fraction of sp³-hybridized carbons (Fsp3) is 0.238. The third kappa shape index (κ3) is 2.23. The summed E-state index contributed by atoms with van der Waals surface area (Å²) < 4.78 is 6.61. The van der Waals surface area contributed by atoms with Gasteiger partial charge in [-0.1, -0.05) is 19.1 Å². The number of hydrogen-bond donors (Lipinski definition) is 2. The molecule has 0 saturated carbocycles. The Morgan fingerprint density at radius 2 is 2.14 bits per heavy atom. The number of carbonyl (C=O) groups excluding carboxylic acids is 2. The van der Waals surface area contributed by atoms with Crippen molar-refractivity contribution < 1.29 is 19.4 Å². The number of hydrogen-bond acceptors (Lipinski definition) is 6. The molecule has 0 spiro atoms. The van der Waals surface area contributed by atoms with Crippen molar-refractivity contribution in [3.63, 3.8) is 0 Å². The van der Waals surface area contributed by atoms with E-state index >= 15 is 0 Å². The van der Waals surface area contributed by atoms with E-state index in [1.807, 2.05) is 12.1 Å². The summed E-state index contributed by atoms with van der Waals surface area (Å²) in [5, 5.41) is 11.6. The average molecular weight is 391 g/mol. The first-order valence-corrected chi connectivity index (χ1v) is 9.24. The van der Waals surface area contributed by atoms with Crippen molar-refractivity contribution in [2.75, 3.05) is 0 Å². The second-order valence-corrected chi connectivity index (χ2v) is 7.34. The Balaban J connectivity index is 1.81. The highest BCUT2D eigenvalue weighted by Gasteiger charge is 2.45. The third-order valence-corrected chi connectivity index (χ3v) is 5.80. The van der Waals surface area contributed by atoms with Crippen molar-refractivity contribution in [1.82, 2.24) is 9.55 Å². The summed E-state index contributed by atoms with van der Waals surface area (Å²) in [6.07, 6.45) is 0.0750. The molecular weight excluding hydrogens is 374 g/mol. The summed E-state index contributed by atoms with van der Waals surface area (Å²) in [6, 6.07) is 8.67. The van der Waals surface area contributed by atoms with Crippen LogP contribution in [0.2, 0.25) is 0 Å². The lowest BCUT2D eigenvalue weighted by Crippen LogP contribution is -2.44. The van der Waals surface area contributed by atoms with Crippen LogP contribution in [0.1, 0.15) is 40.4 Å². The van der Waals surface area contributed by atoms with Crippen LogP contribution in [-0.2, 0) is 28.3 Å². The molecule has 29 heavy (non-hydrogen) atoms. The van der Waals surface area contributed by atoms with Crippen LogP contribution in [0, 0.1) is 0 Å². The highest BCUT2D eigenvalue weighted by molar-refractivity contribution is 6.05. The van der Waals surface area contributed by atoms with Gasteiger partial charge in [0.1, 0.15) is 6.61 Å². The zero-order chi connectivity index (χ0) is 20.5. The fourth-order valence-corrected chi connectivity index (χ4v) is 4.21. The van der Waals surface area contributed by atoms with Crippen LogP contribution < -0.4 is 11.3 Å². The van der Waals surface area contributed by atoms with Crippen LogP contribution in [-0.4, -0.2) is 26.5 Å². The van der Waals surface area contributed by atoms with Gasteiger partial charge in [0.05, 0.1) is 34.6 Å². The molecule has 2 aliphatic rings. The summed E-state index contributed by atoms with van der Waals surface area (Å²) >= 11 is 0. The molecule has 8 heteroatoms. The number of rotatable bonds is 2. The number of amides is 1. The van der Waals surface area contributed by atoms with Gasteiger partial charge in [0, 0.05) is 16.5 Å². The largest absolute Gasteiger partial charge is 0.458 e. The van der Waals surface area contributed by atoms with E-state index in [2.05, 4.69) is 4.98 Å². The minimum Gasteiger partial charge on any atom is -0.458 e. The number of fused-ring (bicyclic) bond motifs is 5. The molecular formula is C21H17N3O5. The van der Waals surface area contributed by atoms with Crippen LogP contribution in [0.25, 0.3) is 22.3 Å². The summed E-state index contributed by atoms with van der Waals surface area (Å²) in [4.78, 5) is 41.8. The van der Waals surface area contributed by atoms with Gasteiger partial charge in [0.15, 0.2) is 5.60 Å². The van der Waals surface area contributed by atoms with Gasteiger partial charge >= 0.3 is 5.97 Å². The Bertz CT molecular complexity index is 1310. The maximum atomic E-state index is 13.1. The van der Waals surface area contributed by atoms with Crippen molar-refractivity contribution in [2.24, 2.45) is 5.73 Å². The lowest BCUT2D eigenvalue weighted by molar-refractivity contribution is -0.172. The van der Waals surface area contributed by atoms with E-state index < -0.39 is 17.5 Å². The van der Waals surface area contributed by atoms with Crippen LogP contribution in [0.3, 0.4) is 0 Å². The first-order chi connectivity index (χ1) is 13.8. The molecule has 0 radical (unpaired) electrons. The Kier molecular flexibility index (Phi) is 3.48. The van der Waals surface area contributed by atoms with E-state index in [0.29, 0.717) is 23.4 Å². The zero-order valence-electron chi connectivity index (χ0n) is 15.6. The lowest BCUT2D eigenvalue weighted by atomic mass is 9.86. The predicted octanol–water partition coefficient (Wildman–Crippen LogP) is 1.18. The van der Waals surface area contributed by atoms with Gasteiger partial charge in [-0.05, 0) is 24.6 Å². The van der Waals surface area contributed by atoms with E-state index in [4.69, 9.17) is 10.5 Å². The number of benzene rings is 1. The number of nitrogens with two attached hydrogens (primary N) is 1. The fourth-order valence-electron chi connectivity index (χ4n) is 4.21. The maximum absolute atomic E-state index is 13.1. The first-order valence-electron chi connectivity index (χ1n) is 9.24. The summed E-state index contributed by atoms with van der Waals surface area (Å²) in [5.41, 5.74) is 6.38. The van der Waals surface area contributed by atoms with Crippen LogP contribution in [0.4, 0.5) is 0 Å². The van der Waals surface area contributed by atoms with Crippen molar-refractivity contribution in [3.8, 4) is 11.4 Å². The molecule has 0 unspecified atom stereocenters. The normalized spacial score (nSPS) is 19.4.